The van der Waals surface area contributed by atoms with E-state index < -0.39 is 0 Å². The van der Waals surface area contributed by atoms with Crippen molar-refractivity contribution >= 4 is 12.4 Å². The van der Waals surface area contributed by atoms with Gasteiger partial charge >= 0.3 is 0 Å². The van der Waals surface area contributed by atoms with Crippen LogP contribution in [0, 0.1) is 5.92 Å². The molecule has 2 atom stereocenters. The van der Waals surface area contributed by atoms with Crippen molar-refractivity contribution in [2.45, 2.75) is 11.8 Å². The highest BCUT2D eigenvalue weighted by molar-refractivity contribution is 5.85. The second-order valence-electron chi connectivity index (χ2n) is 4.99. The van der Waals surface area contributed by atoms with Crippen LogP contribution in [0.2, 0.25) is 0 Å². The second-order valence-corrected chi connectivity index (χ2v) is 4.99. The van der Waals surface area contributed by atoms with Crippen LogP contribution in [0.4, 0.5) is 0 Å². The summed E-state index contributed by atoms with van der Waals surface area (Å²) in [6, 6.07) is 8.59. The number of hydrogen-bond acceptors (Lipinski definition) is 2. The largest absolute Gasteiger partial charge is 0.497 e. The van der Waals surface area contributed by atoms with Gasteiger partial charge in [0.25, 0.3) is 0 Å². The van der Waals surface area contributed by atoms with E-state index in [-0.39, 0.29) is 12.4 Å². The van der Waals surface area contributed by atoms with Crippen molar-refractivity contribution in [1.29, 1.82) is 0 Å². The number of nitrogens with zero attached hydrogens (tertiary/aromatic N) is 1. The Labute approximate surface area is 103 Å². The number of methoxy groups -OCH3 is 1. The number of halogens is 1. The van der Waals surface area contributed by atoms with Gasteiger partial charge in [-0.2, -0.15) is 0 Å². The van der Waals surface area contributed by atoms with Gasteiger partial charge < -0.3 is 9.64 Å². The molecular formula is C13H18ClNO. The summed E-state index contributed by atoms with van der Waals surface area (Å²) in [6.07, 6.45) is 1.37. The summed E-state index contributed by atoms with van der Waals surface area (Å²) in [7, 11) is 3.95. The summed E-state index contributed by atoms with van der Waals surface area (Å²) in [6.45, 7) is 2.47. The molecule has 0 amide bonds. The first-order chi connectivity index (χ1) is 7.24. The molecule has 0 radical (unpaired) electrons. The van der Waals surface area contributed by atoms with Crippen molar-refractivity contribution < 1.29 is 4.74 Å². The lowest BCUT2D eigenvalue weighted by molar-refractivity contribution is 0.362. The first-order valence-electron chi connectivity index (χ1n) is 5.58. The van der Waals surface area contributed by atoms with E-state index >= 15 is 0 Å². The van der Waals surface area contributed by atoms with Crippen molar-refractivity contribution in [2.24, 2.45) is 5.92 Å². The van der Waals surface area contributed by atoms with Crippen LogP contribution in [0.1, 0.15) is 12.0 Å². The van der Waals surface area contributed by atoms with Crippen LogP contribution in [-0.4, -0.2) is 32.1 Å². The fraction of sp³-hybridized carbons (Fsp3) is 0.538. The lowest BCUT2D eigenvalue weighted by atomic mass is 9.95. The Kier molecular flexibility index (Phi) is 2.89. The van der Waals surface area contributed by atoms with Gasteiger partial charge in [0.15, 0.2) is 0 Å². The van der Waals surface area contributed by atoms with Gasteiger partial charge in [0.2, 0.25) is 0 Å². The van der Waals surface area contributed by atoms with Gasteiger partial charge in [-0.1, -0.05) is 12.1 Å². The van der Waals surface area contributed by atoms with Crippen LogP contribution in [0.5, 0.6) is 5.75 Å². The normalized spacial score (nSPS) is 31.8. The fourth-order valence-corrected chi connectivity index (χ4v) is 3.11. The highest BCUT2D eigenvalue weighted by Crippen LogP contribution is 2.58. The Bertz CT molecular complexity index is 395. The number of piperidine rings is 1. The number of rotatable bonds is 2. The molecule has 1 saturated carbocycles. The van der Waals surface area contributed by atoms with E-state index in [0.29, 0.717) is 5.41 Å². The Morgan fingerprint density at radius 1 is 1.44 bits per heavy atom. The molecule has 2 unspecified atom stereocenters. The maximum absolute atomic E-state index is 5.29. The molecule has 16 heavy (non-hydrogen) atoms. The Morgan fingerprint density at radius 3 is 2.88 bits per heavy atom. The number of benzene rings is 1. The Balaban J connectivity index is 0.000000963. The number of hydrogen-bond donors (Lipinski definition) is 0. The molecule has 2 aliphatic rings. The van der Waals surface area contributed by atoms with Gasteiger partial charge in [-0.05, 0) is 37.1 Å². The van der Waals surface area contributed by atoms with Crippen LogP contribution in [0.3, 0.4) is 0 Å². The number of likely N-dealkylation sites (N-methyl/N-ethyl adjacent to an activating group) is 1. The summed E-state index contributed by atoms with van der Waals surface area (Å²) in [5, 5.41) is 0. The molecule has 0 spiro atoms. The number of ether oxygens (including phenoxy) is 1. The van der Waals surface area contributed by atoms with Gasteiger partial charge in [-0.25, -0.2) is 0 Å². The van der Waals surface area contributed by atoms with Gasteiger partial charge in [0.1, 0.15) is 5.75 Å². The minimum Gasteiger partial charge on any atom is -0.497 e. The molecule has 2 nitrogen and oxygen atoms in total. The smallest absolute Gasteiger partial charge is 0.119 e. The minimum absolute atomic E-state index is 0. The minimum atomic E-state index is 0. The van der Waals surface area contributed by atoms with Crippen LogP contribution in [-0.2, 0) is 5.41 Å². The van der Waals surface area contributed by atoms with Crippen LogP contribution >= 0.6 is 12.4 Å². The van der Waals surface area contributed by atoms with E-state index in [4.69, 9.17) is 4.74 Å². The quantitative estimate of drug-likeness (QED) is 0.786. The lowest BCUT2D eigenvalue weighted by Crippen LogP contribution is -2.22. The standard InChI is InChI=1S/C13H17NO.ClH/c1-14-8-11-7-13(11,9-14)10-4-3-5-12(6-10)15-2;/h3-6,11H,7-9H2,1-2H3;1H. The van der Waals surface area contributed by atoms with Gasteiger partial charge in [-0.3, -0.25) is 0 Å². The monoisotopic (exact) mass is 239 g/mol. The van der Waals surface area contributed by atoms with Crippen molar-refractivity contribution in [3.05, 3.63) is 29.8 Å². The fourth-order valence-electron chi connectivity index (χ4n) is 3.11. The predicted molar refractivity (Wildman–Crippen MR) is 67.5 cm³/mol. The zero-order chi connectivity index (χ0) is 10.5. The van der Waals surface area contributed by atoms with E-state index in [0.717, 1.165) is 11.7 Å². The summed E-state index contributed by atoms with van der Waals surface area (Å²) in [5.74, 6) is 1.87. The molecule has 1 heterocycles. The highest BCUT2D eigenvalue weighted by atomic mass is 35.5. The molecule has 3 rings (SSSR count). The summed E-state index contributed by atoms with van der Waals surface area (Å²) < 4.78 is 5.29. The highest BCUT2D eigenvalue weighted by Gasteiger charge is 2.59. The average molecular weight is 240 g/mol. The zero-order valence-corrected chi connectivity index (χ0v) is 10.6. The van der Waals surface area contributed by atoms with Gasteiger partial charge in [0.05, 0.1) is 7.11 Å². The predicted octanol–water partition coefficient (Wildman–Crippen LogP) is 2.32. The van der Waals surface area contributed by atoms with Crippen LogP contribution in [0.25, 0.3) is 0 Å². The van der Waals surface area contributed by atoms with E-state index in [1.165, 1.54) is 25.1 Å². The first-order valence-corrected chi connectivity index (χ1v) is 5.58. The molecule has 3 heteroatoms. The third kappa shape index (κ3) is 1.61. The van der Waals surface area contributed by atoms with Crippen molar-refractivity contribution in [3.63, 3.8) is 0 Å². The molecule has 2 fully saturated rings. The first kappa shape index (κ1) is 11.7. The molecule has 1 saturated heterocycles. The second kappa shape index (κ2) is 3.94. The summed E-state index contributed by atoms with van der Waals surface area (Å²) in [5.41, 5.74) is 1.93. The zero-order valence-electron chi connectivity index (χ0n) is 9.77. The summed E-state index contributed by atoms with van der Waals surface area (Å²) >= 11 is 0. The van der Waals surface area contributed by atoms with Crippen molar-refractivity contribution in [1.82, 2.24) is 4.90 Å². The molecule has 1 aliphatic carbocycles. The third-order valence-corrected chi connectivity index (χ3v) is 3.96. The van der Waals surface area contributed by atoms with Gasteiger partial charge in [-0.15, -0.1) is 12.4 Å². The van der Waals surface area contributed by atoms with Crippen molar-refractivity contribution in [3.8, 4) is 5.75 Å². The van der Waals surface area contributed by atoms with Crippen molar-refractivity contribution in [2.75, 3.05) is 27.2 Å². The maximum atomic E-state index is 5.29. The molecular weight excluding hydrogens is 222 g/mol. The summed E-state index contributed by atoms with van der Waals surface area (Å²) in [4.78, 5) is 2.44. The molecule has 1 aromatic carbocycles. The Hall–Kier alpha value is -0.730. The van der Waals surface area contributed by atoms with E-state index in [2.05, 4.69) is 30.1 Å². The van der Waals surface area contributed by atoms with Crippen LogP contribution < -0.4 is 4.74 Å². The molecule has 88 valence electrons. The average Bonchev–Trinajstić information content (AvgIpc) is 2.83. The SMILES string of the molecule is COc1cccc(C23CC2CN(C)C3)c1.Cl. The van der Waals surface area contributed by atoms with E-state index in [1.807, 2.05) is 6.07 Å². The third-order valence-electron chi connectivity index (χ3n) is 3.96. The topological polar surface area (TPSA) is 12.5 Å². The van der Waals surface area contributed by atoms with Gasteiger partial charge in [0, 0.05) is 18.5 Å². The van der Waals surface area contributed by atoms with E-state index in [9.17, 15) is 0 Å². The number of fused-ring (bicyclic) bond motifs is 1. The number of likely N-dealkylation sites (tertiary alicyclic amines) is 1. The van der Waals surface area contributed by atoms with E-state index in [1.54, 1.807) is 7.11 Å². The molecule has 0 N–H and O–H groups in total. The lowest BCUT2D eigenvalue weighted by Gasteiger charge is -2.17. The molecule has 0 aromatic heterocycles. The molecule has 0 bridgehead atoms. The van der Waals surface area contributed by atoms with Crippen LogP contribution in [0.15, 0.2) is 24.3 Å². The molecule has 1 aliphatic heterocycles. The Morgan fingerprint density at radius 2 is 2.25 bits per heavy atom. The maximum Gasteiger partial charge on any atom is 0.119 e. The molecule has 1 aromatic rings.